The molecule has 3 rings (SSSR count). The predicted molar refractivity (Wildman–Crippen MR) is 72.5 cm³/mol. The molecule has 0 aromatic heterocycles. The standard InChI is InChI=1S/C14H17BrO3/c1-9-6-11-7-10(2-3-12(11)18-9)14(15)13-8-16-4-5-17-13/h2-3,7,9,13-14H,4-6,8H2,1H3. The van der Waals surface area contributed by atoms with Crippen LogP contribution < -0.4 is 4.74 Å². The molecule has 4 heteroatoms. The maximum absolute atomic E-state index is 5.73. The van der Waals surface area contributed by atoms with E-state index in [0.29, 0.717) is 25.9 Å². The largest absolute Gasteiger partial charge is 0.490 e. The SMILES string of the molecule is CC1Cc2cc(C(Br)C3COCCO3)ccc2O1. The fraction of sp³-hybridized carbons (Fsp3) is 0.571. The third-order valence-electron chi connectivity index (χ3n) is 3.41. The average Bonchev–Trinajstić information content (AvgIpc) is 2.78. The summed E-state index contributed by atoms with van der Waals surface area (Å²) in [5.41, 5.74) is 2.53. The van der Waals surface area contributed by atoms with Crippen molar-refractivity contribution in [1.82, 2.24) is 0 Å². The molecule has 1 aromatic rings. The summed E-state index contributed by atoms with van der Waals surface area (Å²) < 4.78 is 16.9. The molecule has 98 valence electrons. The molecule has 0 saturated carbocycles. The minimum Gasteiger partial charge on any atom is -0.490 e. The van der Waals surface area contributed by atoms with E-state index in [1.165, 1.54) is 11.1 Å². The Morgan fingerprint density at radius 2 is 2.22 bits per heavy atom. The number of hydrogen-bond acceptors (Lipinski definition) is 3. The summed E-state index contributed by atoms with van der Waals surface area (Å²) in [4.78, 5) is 0.180. The molecule has 1 aromatic carbocycles. The van der Waals surface area contributed by atoms with Crippen LogP contribution >= 0.6 is 15.9 Å². The van der Waals surface area contributed by atoms with Crippen molar-refractivity contribution in [3.63, 3.8) is 0 Å². The van der Waals surface area contributed by atoms with Crippen LogP contribution in [0.15, 0.2) is 18.2 Å². The van der Waals surface area contributed by atoms with Crippen molar-refractivity contribution in [3.05, 3.63) is 29.3 Å². The minimum absolute atomic E-state index is 0.0940. The van der Waals surface area contributed by atoms with Crippen molar-refractivity contribution in [2.45, 2.75) is 30.4 Å². The molecular formula is C14H17BrO3. The Bertz CT molecular complexity index is 429. The van der Waals surface area contributed by atoms with E-state index in [2.05, 4.69) is 41.1 Å². The second kappa shape index (κ2) is 5.19. The lowest BCUT2D eigenvalue weighted by atomic mass is 10.0. The third-order valence-corrected chi connectivity index (χ3v) is 4.52. The van der Waals surface area contributed by atoms with E-state index in [1.54, 1.807) is 0 Å². The van der Waals surface area contributed by atoms with Gasteiger partial charge in [0.1, 0.15) is 11.9 Å². The summed E-state index contributed by atoms with van der Waals surface area (Å²) in [5.74, 6) is 1.02. The van der Waals surface area contributed by atoms with Gasteiger partial charge in [-0.3, -0.25) is 0 Å². The van der Waals surface area contributed by atoms with Crippen molar-refractivity contribution < 1.29 is 14.2 Å². The molecule has 0 spiro atoms. The molecule has 0 N–H and O–H groups in total. The van der Waals surface area contributed by atoms with Crippen LogP contribution in [-0.2, 0) is 15.9 Å². The third kappa shape index (κ3) is 2.42. The van der Waals surface area contributed by atoms with Gasteiger partial charge in [0.15, 0.2) is 0 Å². The van der Waals surface area contributed by atoms with E-state index in [0.717, 1.165) is 12.2 Å². The highest BCUT2D eigenvalue weighted by Gasteiger charge is 2.26. The number of fused-ring (bicyclic) bond motifs is 1. The lowest BCUT2D eigenvalue weighted by molar-refractivity contribution is -0.0876. The van der Waals surface area contributed by atoms with Crippen LogP contribution in [0.2, 0.25) is 0 Å². The van der Waals surface area contributed by atoms with E-state index in [1.807, 2.05) is 0 Å². The molecule has 0 radical (unpaired) electrons. The number of rotatable bonds is 2. The summed E-state index contributed by atoms with van der Waals surface area (Å²) in [6.07, 6.45) is 1.38. The van der Waals surface area contributed by atoms with Gasteiger partial charge in [-0.1, -0.05) is 28.1 Å². The Hall–Kier alpha value is -0.580. The fourth-order valence-electron chi connectivity index (χ4n) is 2.50. The van der Waals surface area contributed by atoms with E-state index in [-0.39, 0.29) is 10.9 Å². The van der Waals surface area contributed by atoms with Crippen LogP contribution in [-0.4, -0.2) is 32.0 Å². The smallest absolute Gasteiger partial charge is 0.123 e. The zero-order valence-electron chi connectivity index (χ0n) is 10.4. The molecule has 1 fully saturated rings. The van der Waals surface area contributed by atoms with E-state index >= 15 is 0 Å². The van der Waals surface area contributed by atoms with Gasteiger partial charge in [0.05, 0.1) is 30.8 Å². The Labute approximate surface area is 116 Å². The van der Waals surface area contributed by atoms with Crippen molar-refractivity contribution in [1.29, 1.82) is 0 Å². The fourth-order valence-corrected chi connectivity index (χ4v) is 3.09. The van der Waals surface area contributed by atoms with Crippen molar-refractivity contribution >= 4 is 15.9 Å². The van der Waals surface area contributed by atoms with Crippen LogP contribution in [0.1, 0.15) is 22.9 Å². The molecule has 3 unspecified atom stereocenters. The Morgan fingerprint density at radius 1 is 1.33 bits per heavy atom. The number of benzene rings is 1. The second-order valence-electron chi connectivity index (χ2n) is 4.89. The van der Waals surface area contributed by atoms with E-state index < -0.39 is 0 Å². The molecule has 2 heterocycles. The van der Waals surface area contributed by atoms with Crippen molar-refractivity contribution in [3.8, 4) is 5.75 Å². The first kappa shape index (κ1) is 12.5. The van der Waals surface area contributed by atoms with Gasteiger partial charge in [-0.15, -0.1) is 0 Å². The van der Waals surface area contributed by atoms with Gasteiger partial charge < -0.3 is 14.2 Å². The monoisotopic (exact) mass is 312 g/mol. The van der Waals surface area contributed by atoms with Crippen molar-refractivity contribution in [2.75, 3.05) is 19.8 Å². The molecule has 2 aliphatic heterocycles. The zero-order valence-corrected chi connectivity index (χ0v) is 12.0. The molecule has 0 aliphatic carbocycles. The molecule has 3 nitrogen and oxygen atoms in total. The van der Waals surface area contributed by atoms with Crippen molar-refractivity contribution in [2.24, 2.45) is 0 Å². The van der Waals surface area contributed by atoms with Crippen LogP contribution in [0, 0.1) is 0 Å². The highest BCUT2D eigenvalue weighted by atomic mass is 79.9. The lowest BCUT2D eigenvalue weighted by Crippen LogP contribution is -2.31. The summed E-state index contributed by atoms with van der Waals surface area (Å²) >= 11 is 3.73. The molecular weight excluding hydrogens is 296 g/mol. The zero-order chi connectivity index (χ0) is 12.5. The summed E-state index contributed by atoms with van der Waals surface area (Å²) in [6.45, 7) is 4.13. The highest BCUT2D eigenvalue weighted by Crippen LogP contribution is 2.35. The molecule has 0 bridgehead atoms. The van der Waals surface area contributed by atoms with Gasteiger partial charge in [-0.05, 0) is 24.1 Å². The van der Waals surface area contributed by atoms with Gasteiger partial charge in [-0.25, -0.2) is 0 Å². The lowest BCUT2D eigenvalue weighted by Gasteiger charge is -2.27. The Kier molecular flexibility index (Phi) is 3.59. The quantitative estimate of drug-likeness (QED) is 0.786. The number of alkyl halides is 1. The second-order valence-corrected chi connectivity index (χ2v) is 5.87. The Balaban J connectivity index is 1.78. The number of hydrogen-bond donors (Lipinski definition) is 0. The predicted octanol–water partition coefficient (Wildman–Crippen LogP) is 2.86. The van der Waals surface area contributed by atoms with Crippen LogP contribution in [0.4, 0.5) is 0 Å². The first-order valence-corrected chi connectivity index (χ1v) is 7.28. The average molecular weight is 313 g/mol. The number of ether oxygens (including phenoxy) is 3. The molecule has 18 heavy (non-hydrogen) atoms. The van der Waals surface area contributed by atoms with Gasteiger partial charge in [0.25, 0.3) is 0 Å². The van der Waals surface area contributed by atoms with Gasteiger partial charge in [0.2, 0.25) is 0 Å². The highest BCUT2D eigenvalue weighted by molar-refractivity contribution is 9.09. The van der Waals surface area contributed by atoms with Gasteiger partial charge in [-0.2, -0.15) is 0 Å². The van der Waals surface area contributed by atoms with Crippen LogP contribution in [0.25, 0.3) is 0 Å². The Morgan fingerprint density at radius 3 is 3.00 bits per heavy atom. The summed E-state index contributed by atoms with van der Waals surface area (Å²) in [7, 11) is 0. The maximum Gasteiger partial charge on any atom is 0.123 e. The van der Waals surface area contributed by atoms with Gasteiger partial charge in [0, 0.05) is 6.42 Å². The first-order chi connectivity index (χ1) is 8.74. The van der Waals surface area contributed by atoms with Gasteiger partial charge >= 0.3 is 0 Å². The van der Waals surface area contributed by atoms with Crippen LogP contribution in [0.5, 0.6) is 5.75 Å². The molecule has 2 aliphatic rings. The normalized spacial score (nSPS) is 28.6. The molecule has 3 atom stereocenters. The maximum atomic E-state index is 5.73. The van der Waals surface area contributed by atoms with E-state index in [4.69, 9.17) is 14.2 Å². The summed E-state index contributed by atoms with van der Waals surface area (Å²) in [5, 5.41) is 0. The molecule has 1 saturated heterocycles. The van der Waals surface area contributed by atoms with Crippen LogP contribution in [0.3, 0.4) is 0 Å². The number of halogens is 1. The molecule has 0 amide bonds. The first-order valence-electron chi connectivity index (χ1n) is 6.37. The minimum atomic E-state index is 0.0940. The van der Waals surface area contributed by atoms with E-state index in [9.17, 15) is 0 Å². The topological polar surface area (TPSA) is 27.7 Å². The summed E-state index contributed by atoms with van der Waals surface area (Å²) in [6, 6.07) is 6.39.